The number of anilines is 1. The van der Waals surface area contributed by atoms with E-state index in [4.69, 9.17) is 0 Å². The highest BCUT2D eigenvalue weighted by Crippen LogP contribution is 2.40. The monoisotopic (exact) mass is 453 g/mol. The van der Waals surface area contributed by atoms with Gasteiger partial charge in [0.15, 0.2) is 9.84 Å². The number of benzene rings is 3. The Balaban J connectivity index is 2.01. The highest BCUT2D eigenvalue weighted by Gasteiger charge is 2.27. The molecule has 1 heterocycles. The lowest BCUT2D eigenvalue weighted by atomic mass is 9.98. The van der Waals surface area contributed by atoms with Gasteiger partial charge in [-0.2, -0.15) is 5.10 Å². The van der Waals surface area contributed by atoms with Crippen molar-refractivity contribution in [2.24, 2.45) is 0 Å². The number of nitrogens with one attached hydrogen (secondary N) is 1. The summed E-state index contributed by atoms with van der Waals surface area (Å²) >= 11 is 0. The molecule has 164 valence electrons. The smallest absolute Gasteiger partial charge is 0.282 e. The predicted molar refractivity (Wildman–Crippen MR) is 122 cm³/mol. The molecule has 0 aliphatic heterocycles. The van der Waals surface area contributed by atoms with Gasteiger partial charge in [0.05, 0.1) is 16.3 Å². The van der Waals surface area contributed by atoms with Crippen LogP contribution in [-0.2, 0) is 9.84 Å². The number of alkyl halides is 2. The van der Waals surface area contributed by atoms with Crippen molar-refractivity contribution in [3.8, 4) is 28.1 Å². The molecule has 1 aromatic heterocycles. The van der Waals surface area contributed by atoms with Crippen LogP contribution < -0.4 is 5.32 Å². The second-order valence-corrected chi connectivity index (χ2v) is 9.30. The van der Waals surface area contributed by atoms with E-state index in [1.165, 1.54) is 16.8 Å². The number of sulfone groups is 1. The summed E-state index contributed by atoms with van der Waals surface area (Å²) in [6.07, 6.45) is -1.67. The fourth-order valence-electron chi connectivity index (χ4n) is 3.56. The van der Waals surface area contributed by atoms with Gasteiger partial charge in [0.2, 0.25) is 0 Å². The van der Waals surface area contributed by atoms with E-state index in [1.807, 2.05) is 18.2 Å². The Hall–Kier alpha value is -3.52. The lowest BCUT2D eigenvalue weighted by Gasteiger charge is -2.12. The Bertz CT molecular complexity index is 1330. The first-order chi connectivity index (χ1) is 15.3. The number of halogens is 2. The Morgan fingerprint density at radius 3 is 2.03 bits per heavy atom. The van der Waals surface area contributed by atoms with Crippen molar-refractivity contribution < 1.29 is 17.2 Å². The molecule has 0 radical (unpaired) electrons. The molecule has 8 heteroatoms. The van der Waals surface area contributed by atoms with Gasteiger partial charge >= 0.3 is 0 Å². The predicted octanol–water partition coefficient (Wildman–Crippen LogP) is 5.59. The number of nitrogens with zero attached hydrogens (tertiary/aromatic N) is 2. The van der Waals surface area contributed by atoms with Gasteiger partial charge in [-0.1, -0.05) is 42.5 Å². The zero-order valence-electron chi connectivity index (χ0n) is 17.5. The van der Waals surface area contributed by atoms with Gasteiger partial charge in [-0.3, -0.25) is 0 Å². The Labute approximate surface area is 185 Å². The van der Waals surface area contributed by atoms with Crippen LogP contribution in [0.2, 0.25) is 0 Å². The summed E-state index contributed by atoms with van der Waals surface area (Å²) in [7, 11) is -1.60. The molecule has 0 fully saturated rings. The van der Waals surface area contributed by atoms with Crippen molar-refractivity contribution in [2.75, 3.05) is 18.6 Å². The molecule has 0 aliphatic rings. The third-order valence-electron chi connectivity index (χ3n) is 5.14. The molecule has 3 aromatic carbocycles. The summed E-state index contributed by atoms with van der Waals surface area (Å²) in [6, 6.07) is 22.3. The van der Waals surface area contributed by atoms with Gasteiger partial charge in [0, 0.05) is 30.1 Å². The second kappa shape index (κ2) is 8.55. The SMILES string of the molecule is CNc1ccc(-n2nc(C(F)F)c(-c3ccccc3)c2-c2ccc(S(C)(=O)=O)cc2)cc1. The molecule has 0 bridgehead atoms. The van der Waals surface area contributed by atoms with E-state index in [0.717, 1.165) is 11.9 Å². The van der Waals surface area contributed by atoms with Crippen molar-refractivity contribution >= 4 is 15.5 Å². The fraction of sp³-hybridized carbons (Fsp3) is 0.125. The molecule has 0 saturated carbocycles. The van der Waals surface area contributed by atoms with Crippen LogP contribution in [0.15, 0.2) is 83.8 Å². The van der Waals surface area contributed by atoms with Crippen LogP contribution in [0.4, 0.5) is 14.5 Å². The summed E-state index contributed by atoms with van der Waals surface area (Å²) in [6.45, 7) is 0. The van der Waals surface area contributed by atoms with Gasteiger partial charge in [0.25, 0.3) is 6.43 Å². The van der Waals surface area contributed by atoms with Crippen LogP contribution in [0.1, 0.15) is 12.1 Å². The zero-order valence-corrected chi connectivity index (χ0v) is 18.3. The third kappa shape index (κ3) is 4.13. The van der Waals surface area contributed by atoms with E-state index in [1.54, 1.807) is 55.6 Å². The van der Waals surface area contributed by atoms with Gasteiger partial charge < -0.3 is 5.32 Å². The maximum Gasteiger partial charge on any atom is 0.282 e. The van der Waals surface area contributed by atoms with Gasteiger partial charge in [-0.15, -0.1) is 0 Å². The molecule has 5 nitrogen and oxygen atoms in total. The number of hydrogen-bond acceptors (Lipinski definition) is 4. The first-order valence-electron chi connectivity index (χ1n) is 9.85. The minimum atomic E-state index is -3.39. The number of hydrogen-bond donors (Lipinski definition) is 1. The van der Waals surface area contributed by atoms with Crippen LogP contribution in [0, 0.1) is 0 Å². The van der Waals surface area contributed by atoms with Crippen molar-refractivity contribution in [2.45, 2.75) is 11.3 Å². The van der Waals surface area contributed by atoms with E-state index >= 15 is 0 Å². The topological polar surface area (TPSA) is 64.0 Å². The van der Waals surface area contributed by atoms with E-state index in [-0.39, 0.29) is 10.6 Å². The van der Waals surface area contributed by atoms with Crippen LogP contribution >= 0.6 is 0 Å². The number of aromatic nitrogens is 2. The van der Waals surface area contributed by atoms with Crippen molar-refractivity contribution in [3.05, 3.63) is 84.6 Å². The second-order valence-electron chi connectivity index (χ2n) is 7.28. The maximum absolute atomic E-state index is 14.1. The van der Waals surface area contributed by atoms with E-state index < -0.39 is 16.3 Å². The Morgan fingerprint density at radius 1 is 0.875 bits per heavy atom. The summed E-state index contributed by atoms with van der Waals surface area (Å²) in [5.41, 5.74) is 3.09. The molecule has 0 amide bonds. The van der Waals surface area contributed by atoms with E-state index in [2.05, 4.69) is 10.4 Å². The van der Waals surface area contributed by atoms with E-state index in [9.17, 15) is 17.2 Å². The van der Waals surface area contributed by atoms with Gasteiger partial charge in [-0.25, -0.2) is 21.9 Å². The molecule has 32 heavy (non-hydrogen) atoms. The Morgan fingerprint density at radius 2 is 1.50 bits per heavy atom. The highest BCUT2D eigenvalue weighted by molar-refractivity contribution is 7.90. The molecule has 0 aliphatic carbocycles. The molecule has 0 spiro atoms. The molecule has 0 saturated heterocycles. The lowest BCUT2D eigenvalue weighted by Crippen LogP contribution is -2.01. The summed E-state index contributed by atoms with van der Waals surface area (Å²) < 4.78 is 53.5. The van der Waals surface area contributed by atoms with E-state index in [0.29, 0.717) is 28.1 Å². The van der Waals surface area contributed by atoms with Crippen LogP contribution in [0.25, 0.3) is 28.1 Å². The highest BCUT2D eigenvalue weighted by atomic mass is 32.2. The largest absolute Gasteiger partial charge is 0.388 e. The zero-order chi connectivity index (χ0) is 22.9. The Kier molecular flexibility index (Phi) is 5.80. The van der Waals surface area contributed by atoms with Crippen LogP contribution in [-0.4, -0.2) is 31.5 Å². The van der Waals surface area contributed by atoms with Crippen molar-refractivity contribution in [1.82, 2.24) is 9.78 Å². The molecule has 1 N–H and O–H groups in total. The lowest BCUT2D eigenvalue weighted by molar-refractivity contribution is 0.146. The van der Waals surface area contributed by atoms with Crippen LogP contribution in [0.3, 0.4) is 0 Å². The first kappa shape index (κ1) is 21.7. The number of rotatable bonds is 6. The van der Waals surface area contributed by atoms with Gasteiger partial charge in [0.1, 0.15) is 5.69 Å². The standard InChI is InChI=1S/C24H21F2N3O2S/c1-27-18-10-12-19(13-11-18)29-23(17-8-14-20(15-9-17)32(2,30)31)21(22(28-29)24(25)26)16-6-4-3-5-7-16/h3-15,24,27H,1-2H3. The minimum absolute atomic E-state index is 0.154. The normalized spacial score (nSPS) is 11.7. The summed E-state index contributed by atoms with van der Waals surface area (Å²) in [4.78, 5) is 0.154. The van der Waals surface area contributed by atoms with Crippen LogP contribution in [0.5, 0.6) is 0 Å². The summed E-state index contributed by atoms with van der Waals surface area (Å²) in [5.74, 6) is 0. The quantitative estimate of drug-likeness (QED) is 0.413. The van der Waals surface area contributed by atoms with Crippen molar-refractivity contribution in [1.29, 1.82) is 0 Å². The average Bonchev–Trinajstić information content (AvgIpc) is 3.20. The molecule has 0 unspecified atom stereocenters. The summed E-state index contributed by atoms with van der Waals surface area (Å²) in [5, 5.41) is 7.31. The maximum atomic E-state index is 14.1. The fourth-order valence-corrected chi connectivity index (χ4v) is 4.19. The average molecular weight is 454 g/mol. The molecule has 0 atom stereocenters. The third-order valence-corrected chi connectivity index (χ3v) is 6.27. The minimum Gasteiger partial charge on any atom is -0.388 e. The van der Waals surface area contributed by atoms with Gasteiger partial charge in [-0.05, 0) is 42.0 Å². The molecule has 4 aromatic rings. The molecular weight excluding hydrogens is 432 g/mol. The molecule has 4 rings (SSSR count). The molecular formula is C24H21F2N3O2S. The first-order valence-corrected chi connectivity index (χ1v) is 11.7. The van der Waals surface area contributed by atoms with Crippen molar-refractivity contribution in [3.63, 3.8) is 0 Å².